The van der Waals surface area contributed by atoms with Gasteiger partial charge in [-0.2, -0.15) is 0 Å². The van der Waals surface area contributed by atoms with E-state index >= 15 is 0 Å². The van der Waals surface area contributed by atoms with E-state index in [9.17, 15) is 4.79 Å². The van der Waals surface area contributed by atoms with Gasteiger partial charge in [0.05, 0.1) is 18.4 Å². The Kier molecular flexibility index (Phi) is 6.59. The Morgan fingerprint density at radius 1 is 1.21 bits per heavy atom. The van der Waals surface area contributed by atoms with E-state index in [1.165, 1.54) is 11.8 Å². The molecule has 0 amide bonds. The summed E-state index contributed by atoms with van der Waals surface area (Å²) in [7, 11) is 3.63. The number of rotatable bonds is 8. The van der Waals surface area contributed by atoms with Gasteiger partial charge in [0.25, 0.3) is 0 Å². The number of nitrogens with zero attached hydrogens (tertiary/aromatic N) is 4. The summed E-state index contributed by atoms with van der Waals surface area (Å²) in [6, 6.07) is 10.3. The third-order valence-electron chi connectivity index (χ3n) is 5.19. The van der Waals surface area contributed by atoms with Gasteiger partial charge >= 0.3 is 0 Å². The van der Waals surface area contributed by atoms with Gasteiger partial charge in [-0.15, -0.1) is 10.2 Å². The number of hydrogen-bond acceptors (Lipinski definition) is 5. The van der Waals surface area contributed by atoms with Gasteiger partial charge in [-0.1, -0.05) is 36.0 Å². The van der Waals surface area contributed by atoms with Crippen molar-refractivity contribution in [1.29, 1.82) is 0 Å². The number of aryl methyl sites for hydroxylation is 2. The lowest BCUT2D eigenvalue weighted by molar-refractivity contribution is 0.102. The second-order valence-electron chi connectivity index (χ2n) is 7.35. The Morgan fingerprint density at radius 2 is 1.93 bits per heavy atom. The minimum absolute atomic E-state index is 0.0967. The van der Waals surface area contributed by atoms with E-state index in [0.29, 0.717) is 12.4 Å². The van der Waals surface area contributed by atoms with Crippen LogP contribution in [0.2, 0.25) is 0 Å². The molecule has 0 spiro atoms. The molecule has 0 aliphatic heterocycles. The molecule has 2 aromatic heterocycles. The van der Waals surface area contributed by atoms with Gasteiger partial charge in [0.2, 0.25) is 0 Å². The minimum Gasteiger partial charge on any atom is -0.383 e. The van der Waals surface area contributed by atoms with Gasteiger partial charge in [0, 0.05) is 36.7 Å². The molecule has 0 unspecified atom stereocenters. The summed E-state index contributed by atoms with van der Waals surface area (Å²) in [4.78, 5) is 12.9. The summed E-state index contributed by atoms with van der Waals surface area (Å²) in [5.41, 5.74) is 5.01. The minimum atomic E-state index is 0.0967. The lowest BCUT2D eigenvalue weighted by Crippen LogP contribution is -2.14. The number of carbonyl (C=O) groups excluding carboxylic acids is 1. The molecule has 3 aromatic rings. The van der Waals surface area contributed by atoms with Crippen LogP contribution < -0.4 is 0 Å². The average Bonchev–Trinajstić information content (AvgIpc) is 3.19. The first kappa shape index (κ1) is 21.3. The number of ether oxygens (including phenoxy) is 1. The molecule has 0 N–H and O–H groups in total. The predicted molar refractivity (Wildman–Crippen MR) is 117 cm³/mol. The summed E-state index contributed by atoms with van der Waals surface area (Å²) >= 11 is 1.42. The summed E-state index contributed by atoms with van der Waals surface area (Å²) in [6.07, 6.45) is 0. The molecule has 154 valence electrons. The molecule has 0 aliphatic carbocycles. The van der Waals surface area contributed by atoms with Gasteiger partial charge < -0.3 is 13.9 Å². The van der Waals surface area contributed by atoms with Crippen molar-refractivity contribution in [2.75, 3.05) is 19.5 Å². The van der Waals surface area contributed by atoms with Crippen LogP contribution in [0.4, 0.5) is 0 Å². The Balaban J connectivity index is 1.76. The smallest absolute Gasteiger partial charge is 0.191 e. The maximum Gasteiger partial charge on any atom is 0.191 e. The second-order valence-corrected chi connectivity index (χ2v) is 8.29. The molecule has 0 radical (unpaired) electrons. The highest BCUT2D eigenvalue weighted by Crippen LogP contribution is 2.27. The van der Waals surface area contributed by atoms with Gasteiger partial charge in [-0.3, -0.25) is 4.79 Å². The van der Waals surface area contributed by atoms with Gasteiger partial charge in [-0.05, 0) is 39.3 Å². The Hall–Kier alpha value is -2.38. The first-order valence-electron chi connectivity index (χ1n) is 9.63. The van der Waals surface area contributed by atoms with Crippen LogP contribution >= 0.6 is 11.8 Å². The number of Topliss-reactive ketones (excluding diaryl/α,β-unsaturated/α-hetero) is 1. The quantitative estimate of drug-likeness (QED) is 0.406. The molecule has 0 aliphatic rings. The molecule has 2 heterocycles. The third kappa shape index (κ3) is 4.31. The zero-order valence-electron chi connectivity index (χ0n) is 17.9. The number of benzene rings is 1. The first-order chi connectivity index (χ1) is 13.8. The predicted octanol–water partition coefficient (Wildman–Crippen LogP) is 4.39. The molecule has 0 saturated heterocycles. The molecule has 1 aromatic carbocycles. The Morgan fingerprint density at radius 3 is 2.62 bits per heavy atom. The van der Waals surface area contributed by atoms with E-state index in [2.05, 4.69) is 34.7 Å². The molecule has 0 bridgehead atoms. The molecule has 0 saturated carbocycles. The molecular weight excluding hydrogens is 384 g/mol. The molecule has 6 nitrogen and oxygen atoms in total. The van der Waals surface area contributed by atoms with Crippen molar-refractivity contribution in [2.24, 2.45) is 7.05 Å². The van der Waals surface area contributed by atoms with Crippen molar-refractivity contribution in [3.05, 3.63) is 52.8 Å². The number of hydrogen-bond donors (Lipinski definition) is 0. The van der Waals surface area contributed by atoms with Crippen LogP contribution in [0.3, 0.4) is 0 Å². The number of methoxy groups -OCH3 is 1. The van der Waals surface area contributed by atoms with Crippen LogP contribution in [-0.4, -0.2) is 44.6 Å². The van der Waals surface area contributed by atoms with Crippen LogP contribution in [0.1, 0.15) is 40.3 Å². The van der Waals surface area contributed by atoms with Gasteiger partial charge in [-0.25, -0.2) is 0 Å². The summed E-state index contributed by atoms with van der Waals surface area (Å²) in [5.74, 6) is 1.23. The van der Waals surface area contributed by atoms with Crippen LogP contribution in [0.15, 0.2) is 35.5 Å². The highest BCUT2D eigenvalue weighted by molar-refractivity contribution is 7.99. The van der Waals surface area contributed by atoms with E-state index in [1.54, 1.807) is 7.11 Å². The number of carbonyl (C=O) groups is 1. The van der Waals surface area contributed by atoms with Crippen molar-refractivity contribution in [3.8, 4) is 11.4 Å². The maximum absolute atomic E-state index is 12.9. The van der Waals surface area contributed by atoms with Crippen molar-refractivity contribution < 1.29 is 9.53 Å². The largest absolute Gasteiger partial charge is 0.383 e. The topological polar surface area (TPSA) is 61.9 Å². The summed E-state index contributed by atoms with van der Waals surface area (Å²) < 4.78 is 9.39. The van der Waals surface area contributed by atoms with Crippen molar-refractivity contribution >= 4 is 17.5 Å². The number of thioether (sulfide) groups is 1. The van der Waals surface area contributed by atoms with Crippen molar-refractivity contribution in [3.63, 3.8) is 0 Å². The van der Waals surface area contributed by atoms with Gasteiger partial charge in [0.1, 0.15) is 0 Å². The van der Waals surface area contributed by atoms with Crippen molar-refractivity contribution in [1.82, 2.24) is 19.3 Å². The monoisotopic (exact) mass is 412 g/mol. The lowest BCUT2D eigenvalue weighted by Gasteiger charge is -2.17. The molecule has 3 rings (SSSR count). The van der Waals surface area contributed by atoms with Crippen LogP contribution in [-0.2, 0) is 11.8 Å². The third-order valence-corrected chi connectivity index (χ3v) is 6.21. The van der Waals surface area contributed by atoms with E-state index in [4.69, 9.17) is 4.74 Å². The highest BCUT2D eigenvalue weighted by Gasteiger charge is 2.20. The van der Waals surface area contributed by atoms with Gasteiger partial charge in [0.15, 0.2) is 16.8 Å². The van der Waals surface area contributed by atoms with Crippen LogP contribution in [0, 0.1) is 20.8 Å². The van der Waals surface area contributed by atoms with Crippen LogP contribution in [0.25, 0.3) is 11.4 Å². The van der Waals surface area contributed by atoms with E-state index in [0.717, 1.165) is 39.1 Å². The molecule has 7 heteroatoms. The fourth-order valence-corrected chi connectivity index (χ4v) is 4.55. The number of ketones is 1. The lowest BCUT2D eigenvalue weighted by atomic mass is 10.1. The highest BCUT2D eigenvalue weighted by atomic mass is 32.2. The molecular formula is C22H28N4O2S. The average molecular weight is 413 g/mol. The molecule has 29 heavy (non-hydrogen) atoms. The maximum atomic E-state index is 12.9. The standard InChI is InChI=1S/C22H28N4O2S/c1-14-9-7-8-10-18(14)21-23-24-22(25(21)5)29-13-20(27)19-11-15(2)26(17(19)4)16(3)12-28-6/h7-11,16H,12-13H2,1-6H3/t16-/m1/s1. The van der Waals surface area contributed by atoms with E-state index in [-0.39, 0.29) is 11.8 Å². The first-order valence-corrected chi connectivity index (χ1v) is 10.6. The molecule has 1 atom stereocenters. The Bertz CT molecular complexity index is 1020. The zero-order valence-corrected chi connectivity index (χ0v) is 18.7. The normalized spacial score (nSPS) is 12.3. The van der Waals surface area contributed by atoms with Crippen LogP contribution in [0.5, 0.6) is 0 Å². The number of aromatic nitrogens is 4. The second kappa shape index (κ2) is 8.97. The molecule has 0 fully saturated rings. The van der Waals surface area contributed by atoms with E-state index in [1.807, 2.05) is 49.7 Å². The zero-order chi connectivity index (χ0) is 21.1. The summed E-state index contributed by atoms with van der Waals surface area (Å²) in [5, 5.41) is 9.37. The van der Waals surface area contributed by atoms with E-state index < -0.39 is 0 Å². The fourth-order valence-electron chi connectivity index (χ4n) is 3.76. The summed E-state index contributed by atoms with van der Waals surface area (Å²) in [6.45, 7) is 8.79. The SMILES string of the molecule is COC[C@@H](C)n1c(C)cc(C(=O)CSc2nnc(-c3ccccc3C)n2C)c1C. The van der Waals surface area contributed by atoms with Crippen molar-refractivity contribution in [2.45, 2.75) is 38.9 Å². The Labute approximate surface area is 176 Å². The fraction of sp³-hybridized carbons (Fsp3) is 0.409.